The number of rotatable bonds is 12. The topological polar surface area (TPSA) is 218 Å². The summed E-state index contributed by atoms with van der Waals surface area (Å²) in [5.41, 5.74) is 5.56. The number of hydrogen-bond donors (Lipinski definition) is 5. The Balaban J connectivity index is 0.906. The smallest absolute Gasteiger partial charge is 0.246 e. The number of hydrazine groups is 1. The summed E-state index contributed by atoms with van der Waals surface area (Å²) in [5.74, 6) is -4.50. The second-order valence-electron chi connectivity index (χ2n) is 18.7. The van der Waals surface area contributed by atoms with E-state index in [1.807, 2.05) is 38.1 Å². The fourth-order valence-corrected chi connectivity index (χ4v) is 10.7. The SMILES string of the molecule is Cc1ncsc1-c1ccc(CNC(=O)C2CC(O)CN2C(=O)C(NC(=O)CNC(=O)CCC(=O)NN2C(=O)C(C)C3CCC(C)C4CCC5(C)OOC43C2O5)C(C)(C)C)cc1. The average molecular weight is 866 g/mol. The van der Waals surface area contributed by atoms with Crippen LogP contribution in [-0.2, 0) is 49.8 Å². The van der Waals surface area contributed by atoms with Crippen molar-refractivity contribution in [2.45, 2.75) is 136 Å². The van der Waals surface area contributed by atoms with Gasteiger partial charge in [0.2, 0.25) is 41.2 Å². The number of ether oxygens (including phenoxy) is 1. The molecule has 1 aromatic heterocycles. The Morgan fingerprint density at radius 3 is 2.39 bits per heavy atom. The fraction of sp³-hybridized carbons (Fsp3) is 0.651. The van der Waals surface area contributed by atoms with E-state index >= 15 is 0 Å². The number of nitrogens with zero attached hydrogens (tertiary/aromatic N) is 3. The van der Waals surface area contributed by atoms with E-state index in [2.05, 4.69) is 33.3 Å². The van der Waals surface area contributed by atoms with Crippen LogP contribution in [0, 0.1) is 36.0 Å². The highest BCUT2D eigenvalue weighted by Gasteiger charge is 2.71. The molecule has 2 bridgehead atoms. The normalized spacial score (nSPS) is 31.1. The van der Waals surface area contributed by atoms with Crippen LogP contribution in [0.5, 0.6) is 0 Å². The lowest BCUT2D eigenvalue weighted by molar-refractivity contribution is -0.549. The van der Waals surface area contributed by atoms with Crippen molar-refractivity contribution in [2.24, 2.45) is 29.1 Å². The largest absolute Gasteiger partial charge is 0.391 e. The molecule has 18 heteroatoms. The zero-order valence-corrected chi connectivity index (χ0v) is 36.8. The first kappa shape index (κ1) is 44.6. The van der Waals surface area contributed by atoms with Crippen LogP contribution in [-0.4, -0.2) is 104 Å². The van der Waals surface area contributed by atoms with Gasteiger partial charge in [-0.2, -0.15) is 0 Å². The molecule has 10 unspecified atom stereocenters. The summed E-state index contributed by atoms with van der Waals surface area (Å²) in [7, 11) is 0. The summed E-state index contributed by atoms with van der Waals surface area (Å²) >= 11 is 1.55. The lowest BCUT2D eigenvalue weighted by atomic mass is 9.57. The third kappa shape index (κ3) is 8.92. The molecule has 6 heterocycles. The van der Waals surface area contributed by atoms with Crippen molar-refractivity contribution >= 4 is 46.8 Å². The molecule has 5 saturated heterocycles. The van der Waals surface area contributed by atoms with Crippen LogP contribution in [0.15, 0.2) is 29.8 Å². The van der Waals surface area contributed by atoms with Gasteiger partial charge in [-0.15, -0.1) is 11.3 Å². The summed E-state index contributed by atoms with van der Waals surface area (Å²) in [6, 6.07) is 5.70. The number of hydrogen-bond acceptors (Lipinski definition) is 12. The van der Waals surface area contributed by atoms with Crippen LogP contribution < -0.4 is 21.4 Å². The third-order valence-electron chi connectivity index (χ3n) is 13.2. The Kier molecular flexibility index (Phi) is 12.7. The van der Waals surface area contributed by atoms with Crippen molar-refractivity contribution in [3.05, 3.63) is 41.0 Å². The van der Waals surface area contributed by atoms with E-state index in [0.29, 0.717) is 12.3 Å². The number of nitrogens with one attached hydrogen (secondary N) is 4. The second-order valence-corrected chi connectivity index (χ2v) is 19.5. The number of carbonyl (C=O) groups excluding carboxylic acids is 6. The molecular weight excluding hydrogens is 807 g/mol. The highest BCUT2D eigenvalue weighted by atomic mass is 32.1. The Labute approximate surface area is 359 Å². The van der Waals surface area contributed by atoms with Gasteiger partial charge in [0.05, 0.1) is 28.7 Å². The highest BCUT2D eigenvalue weighted by molar-refractivity contribution is 7.13. The summed E-state index contributed by atoms with van der Waals surface area (Å²) in [4.78, 5) is 99.4. The number of aromatic nitrogens is 1. The van der Waals surface area contributed by atoms with Gasteiger partial charge in [-0.1, -0.05) is 58.9 Å². The molecule has 5 aliphatic heterocycles. The molecule has 332 valence electrons. The number of benzene rings is 1. The van der Waals surface area contributed by atoms with Crippen LogP contribution in [0.4, 0.5) is 0 Å². The van der Waals surface area contributed by atoms with Crippen molar-refractivity contribution < 1.29 is 48.4 Å². The zero-order chi connectivity index (χ0) is 44.0. The van der Waals surface area contributed by atoms with Gasteiger partial charge in [0.1, 0.15) is 12.1 Å². The number of likely N-dealkylation sites (tertiary alicyclic amines) is 1. The van der Waals surface area contributed by atoms with Gasteiger partial charge in [-0.3, -0.25) is 34.2 Å². The Hall–Kier alpha value is -4.49. The second kappa shape index (κ2) is 17.3. The molecule has 5 N–H and O–H groups in total. The van der Waals surface area contributed by atoms with Gasteiger partial charge >= 0.3 is 0 Å². The summed E-state index contributed by atoms with van der Waals surface area (Å²) in [5, 5.41) is 19.9. The number of fused-ring (bicyclic) bond motifs is 2. The molecule has 2 aromatic rings. The molecule has 17 nitrogen and oxygen atoms in total. The molecule has 10 atom stereocenters. The van der Waals surface area contributed by atoms with Gasteiger partial charge in [-0.05, 0) is 61.5 Å². The summed E-state index contributed by atoms with van der Waals surface area (Å²) in [6.07, 6.45) is 0.685. The van der Waals surface area contributed by atoms with Crippen molar-refractivity contribution in [3.63, 3.8) is 0 Å². The van der Waals surface area contributed by atoms with E-state index in [9.17, 15) is 33.9 Å². The van der Waals surface area contributed by atoms with E-state index in [1.54, 1.807) is 44.5 Å². The molecule has 6 aliphatic rings. The molecular formula is C43H59N7O10S. The minimum absolute atomic E-state index is 0.0386. The molecule has 6 fully saturated rings. The molecule has 1 spiro atoms. The first-order valence-corrected chi connectivity index (χ1v) is 22.2. The van der Waals surface area contributed by atoms with E-state index in [1.165, 1.54) is 9.91 Å². The first-order valence-electron chi connectivity index (χ1n) is 21.3. The van der Waals surface area contributed by atoms with Crippen molar-refractivity contribution in [3.8, 4) is 10.4 Å². The number of aliphatic hydroxyl groups is 1. The van der Waals surface area contributed by atoms with Gasteiger partial charge in [0.25, 0.3) is 0 Å². The average Bonchev–Trinajstić information content (AvgIpc) is 3.76. The van der Waals surface area contributed by atoms with Crippen molar-refractivity contribution in [1.29, 1.82) is 0 Å². The molecule has 61 heavy (non-hydrogen) atoms. The van der Waals surface area contributed by atoms with Crippen LogP contribution in [0.1, 0.15) is 97.7 Å². The number of β-amino-alcohol motifs (C(OH)–C–C–N with tert-alkyl or cyclic N) is 1. The minimum Gasteiger partial charge on any atom is -0.391 e. The number of piperidine rings is 1. The van der Waals surface area contributed by atoms with Crippen LogP contribution >= 0.6 is 11.3 Å². The number of amides is 6. The molecule has 6 amide bonds. The molecule has 1 aromatic carbocycles. The van der Waals surface area contributed by atoms with E-state index in [0.717, 1.165) is 41.0 Å². The zero-order valence-electron chi connectivity index (χ0n) is 35.9. The van der Waals surface area contributed by atoms with Crippen LogP contribution in [0.2, 0.25) is 0 Å². The predicted molar refractivity (Wildman–Crippen MR) is 221 cm³/mol. The van der Waals surface area contributed by atoms with Crippen molar-refractivity contribution in [1.82, 2.24) is 36.3 Å². The van der Waals surface area contributed by atoms with E-state index in [-0.39, 0.29) is 50.1 Å². The number of thiazole rings is 1. The monoisotopic (exact) mass is 865 g/mol. The number of aliphatic hydroxyl groups excluding tert-OH is 1. The van der Waals surface area contributed by atoms with Gasteiger partial charge < -0.3 is 30.7 Å². The fourth-order valence-electron chi connectivity index (χ4n) is 9.85. The van der Waals surface area contributed by atoms with Crippen LogP contribution in [0.25, 0.3) is 10.4 Å². The summed E-state index contributed by atoms with van der Waals surface area (Å²) < 4.78 is 6.43. The molecule has 8 rings (SSSR count). The summed E-state index contributed by atoms with van der Waals surface area (Å²) in [6.45, 7) is 12.7. The lowest BCUT2D eigenvalue weighted by Gasteiger charge is -2.61. The Morgan fingerprint density at radius 1 is 0.984 bits per heavy atom. The Morgan fingerprint density at radius 2 is 1.70 bits per heavy atom. The minimum atomic E-state index is -1.10. The maximum atomic E-state index is 14.0. The lowest BCUT2D eigenvalue weighted by Crippen LogP contribution is -2.77. The Bertz CT molecular complexity index is 2020. The van der Waals surface area contributed by atoms with Gasteiger partial charge in [-0.25, -0.2) is 19.8 Å². The third-order valence-corrected chi connectivity index (χ3v) is 14.2. The van der Waals surface area contributed by atoms with Crippen LogP contribution in [0.3, 0.4) is 0 Å². The first-order chi connectivity index (χ1) is 28.8. The molecule has 1 aliphatic carbocycles. The predicted octanol–water partition coefficient (Wildman–Crippen LogP) is 2.85. The van der Waals surface area contributed by atoms with E-state index in [4.69, 9.17) is 14.5 Å². The van der Waals surface area contributed by atoms with Gasteiger partial charge in [0, 0.05) is 50.6 Å². The number of carbonyl (C=O) groups is 6. The maximum Gasteiger partial charge on any atom is 0.246 e. The van der Waals surface area contributed by atoms with Crippen molar-refractivity contribution in [2.75, 3.05) is 13.1 Å². The maximum absolute atomic E-state index is 14.0. The quantitative estimate of drug-likeness (QED) is 0.196. The highest BCUT2D eigenvalue weighted by Crippen LogP contribution is 2.60. The molecule has 1 saturated carbocycles. The molecule has 0 radical (unpaired) electrons. The van der Waals surface area contributed by atoms with Gasteiger partial charge in [0.15, 0.2) is 11.8 Å². The standard InChI is InChI=1S/C43H59N7O10S/c1-23-8-13-30-24(2)38(56)50(40-43(30)29(23)16-17-42(7,58-40)59-60-43)48-33(53)15-14-32(52)44-20-34(54)47-36(41(4,5)6)39(57)49-21-28(51)18-31(49)37(55)45-19-26-9-11-27(12-10-26)35-25(3)46-22-61-35/h9-12,22-24,28-31,36,40,51H,8,13-21H2,1-7H3,(H,44,52)(H,45,55)(H,47,54)(H,48,53). The van der Waals surface area contributed by atoms with E-state index < -0.39 is 83.2 Å². The number of aryl methyl sites for hydroxylation is 1.